The molecule has 1 unspecified atom stereocenters. The van der Waals surface area contributed by atoms with Gasteiger partial charge >= 0.3 is 0 Å². The average Bonchev–Trinajstić information content (AvgIpc) is 2.36. The Morgan fingerprint density at radius 2 is 2.28 bits per heavy atom. The first-order valence-electron chi connectivity index (χ1n) is 5.76. The summed E-state index contributed by atoms with van der Waals surface area (Å²) in [4.78, 5) is 12.0. The standard InChI is InChI=1S/C13H17BrClNO2/c1-9(5-6-15)8-16-13(17)11-4-3-10(14)7-12(11)18-2/h3-4,7,9H,5-6,8H2,1-2H3,(H,16,17). The molecule has 0 spiro atoms. The van der Waals surface area contributed by atoms with E-state index in [1.165, 1.54) is 0 Å². The van der Waals surface area contributed by atoms with Crippen molar-refractivity contribution in [3.05, 3.63) is 28.2 Å². The molecule has 5 heteroatoms. The third-order valence-corrected chi connectivity index (χ3v) is 3.33. The topological polar surface area (TPSA) is 38.3 Å². The number of carbonyl (C=O) groups is 1. The monoisotopic (exact) mass is 333 g/mol. The van der Waals surface area contributed by atoms with Crippen LogP contribution in [0.25, 0.3) is 0 Å². The second-order valence-electron chi connectivity index (χ2n) is 4.14. The van der Waals surface area contributed by atoms with Gasteiger partial charge in [-0.05, 0) is 30.5 Å². The van der Waals surface area contributed by atoms with Crippen LogP contribution in [-0.2, 0) is 0 Å². The molecule has 0 saturated carbocycles. The Balaban J connectivity index is 2.66. The number of carbonyl (C=O) groups excluding carboxylic acids is 1. The van der Waals surface area contributed by atoms with Crippen molar-refractivity contribution in [2.75, 3.05) is 19.5 Å². The van der Waals surface area contributed by atoms with E-state index < -0.39 is 0 Å². The Morgan fingerprint density at radius 1 is 1.56 bits per heavy atom. The largest absolute Gasteiger partial charge is 0.496 e. The number of halogens is 2. The minimum atomic E-state index is -0.124. The summed E-state index contributed by atoms with van der Waals surface area (Å²) in [5, 5.41) is 2.88. The lowest BCUT2D eigenvalue weighted by Gasteiger charge is -2.13. The lowest BCUT2D eigenvalue weighted by molar-refractivity contribution is 0.0945. The van der Waals surface area contributed by atoms with Crippen molar-refractivity contribution in [3.8, 4) is 5.75 Å². The molecule has 0 bridgehead atoms. The zero-order chi connectivity index (χ0) is 13.5. The van der Waals surface area contributed by atoms with Gasteiger partial charge in [0.2, 0.25) is 0 Å². The maximum Gasteiger partial charge on any atom is 0.255 e. The van der Waals surface area contributed by atoms with Gasteiger partial charge in [0, 0.05) is 16.9 Å². The molecule has 0 aliphatic heterocycles. The number of nitrogens with one attached hydrogen (secondary N) is 1. The van der Waals surface area contributed by atoms with Crippen molar-refractivity contribution in [2.24, 2.45) is 5.92 Å². The smallest absolute Gasteiger partial charge is 0.255 e. The molecule has 1 amide bonds. The first kappa shape index (κ1) is 15.3. The molecular weight excluding hydrogens is 318 g/mol. The molecule has 0 heterocycles. The maximum absolute atomic E-state index is 12.0. The van der Waals surface area contributed by atoms with Gasteiger partial charge in [0.25, 0.3) is 5.91 Å². The normalized spacial score (nSPS) is 12.0. The van der Waals surface area contributed by atoms with Crippen LogP contribution < -0.4 is 10.1 Å². The van der Waals surface area contributed by atoms with Gasteiger partial charge in [-0.1, -0.05) is 22.9 Å². The number of ether oxygens (including phenoxy) is 1. The van der Waals surface area contributed by atoms with Crippen LogP contribution in [0.5, 0.6) is 5.75 Å². The number of hydrogen-bond donors (Lipinski definition) is 1. The Kier molecular flexibility index (Phi) is 6.50. The summed E-state index contributed by atoms with van der Waals surface area (Å²) in [6, 6.07) is 5.33. The number of rotatable bonds is 6. The van der Waals surface area contributed by atoms with Crippen LogP contribution in [0.15, 0.2) is 22.7 Å². The predicted octanol–water partition coefficient (Wildman–Crippen LogP) is 3.45. The first-order chi connectivity index (χ1) is 8.58. The van der Waals surface area contributed by atoms with Gasteiger partial charge in [-0.2, -0.15) is 0 Å². The van der Waals surface area contributed by atoms with E-state index in [9.17, 15) is 4.79 Å². The molecule has 1 aromatic carbocycles. The fourth-order valence-electron chi connectivity index (χ4n) is 1.50. The molecule has 100 valence electrons. The SMILES string of the molecule is COc1cc(Br)ccc1C(=O)NCC(C)CCCl. The highest BCUT2D eigenvalue weighted by atomic mass is 79.9. The van der Waals surface area contributed by atoms with E-state index >= 15 is 0 Å². The molecule has 0 saturated heterocycles. The van der Waals surface area contributed by atoms with Crippen LogP contribution >= 0.6 is 27.5 Å². The summed E-state index contributed by atoms with van der Waals surface area (Å²) in [5.41, 5.74) is 0.541. The highest BCUT2D eigenvalue weighted by Gasteiger charge is 2.13. The van der Waals surface area contributed by atoms with Gasteiger partial charge in [0.1, 0.15) is 5.75 Å². The highest BCUT2D eigenvalue weighted by molar-refractivity contribution is 9.10. The molecule has 1 aromatic rings. The lowest BCUT2D eigenvalue weighted by Crippen LogP contribution is -2.28. The summed E-state index contributed by atoms with van der Waals surface area (Å²) in [6.45, 7) is 2.67. The number of methoxy groups -OCH3 is 1. The minimum absolute atomic E-state index is 0.124. The van der Waals surface area contributed by atoms with E-state index in [0.717, 1.165) is 10.9 Å². The van der Waals surface area contributed by atoms with E-state index in [0.29, 0.717) is 29.7 Å². The number of amides is 1. The molecule has 18 heavy (non-hydrogen) atoms. The summed E-state index contributed by atoms with van der Waals surface area (Å²) >= 11 is 9.00. The fourth-order valence-corrected chi connectivity index (χ4v) is 2.22. The second-order valence-corrected chi connectivity index (χ2v) is 5.43. The number of benzene rings is 1. The van der Waals surface area contributed by atoms with Gasteiger partial charge in [-0.3, -0.25) is 4.79 Å². The van der Waals surface area contributed by atoms with Crippen LogP contribution in [0, 0.1) is 5.92 Å². The molecule has 1 atom stereocenters. The third kappa shape index (κ3) is 4.50. The van der Waals surface area contributed by atoms with Gasteiger partial charge in [0.15, 0.2) is 0 Å². The quantitative estimate of drug-likeness (QED) is 0.809. The number of alkyl halides is 1. The van der Waals surface area contributed by atoms with E-state index in [1.54, 1.807) is 19.2 Å². The van der Waals surface area contributed by atoms with Crippen LogP contribution in [0.1, 0.15) is 23.7 Å². The van der Waals surface area contributed by atoms with E-state index in [4.69, 9.17) is 16.3 Å². The van der Waals surface area contributed by atoms with Crippen molar-refractivity contribution in [2.45, 2.75) is 13.3 Å². The molecule has 0 radical (unpaired) electrons. The number of hydrogen-bond acceptors (Lipinski definition) is 2. The highest BCUT2D eigenvalue weighted by Crippen LogP contribution is 2.23. The van der Waals surface area contributed by atoms with Crippen molar-refractivity contribution in [1.29, 1.82) is 0 Å². The second kappa shape index (κ2) is 7.64. The summed E-state index contributed by atoms with van der Waals surface area (Å²) in [6.07, 6.45) is 0.888. The molecule has 0 fully saturated rings. The van der Waals surface area contributed by atoms with Gasteiger partial charge < -0.3 is 10.1 Å². The van der Waals surface area contributed by atoms with Crippen LogP contribution in [-0.4, -0.2) is 25.4 Å². The lowest BCUT2D eigenvalue weighted by atomic mass is 10.1. The molecule has 3 nitrogen and oxygen atoms in total. The summed E-state index contributed by atoms with van der Waals surface area (Å²) < 4.78 is 6.07. The van der Waals surface area contributed by atoms with Crippen molar-refractivity contribution < 1.29 is 9.53 Å². The Hall–Kier alpha value is -0.740. The fraction of sp³-hybridized carbons (Fsp3) is 0.462. The molecule has 0 aliphatic rings. The Morgan fingerprint density at radius 3 is 2.89 bits per heavy atom. The first-order valence-corrected chi connectivity index (χ1v) is 7.09. The van der Waals surface area contributed by atoms with E-state index in [-0.39, 0.29) is 5.91 Å². The predicted molar refractivity (Wildman–Crippen MR) is 77.5 cm³/mol. The van der Waals surface area contributed by atoms with Crippen LogP contribution in [0.4, 0.5) is 0 Å². The van der Waals surface area contributed by atoms with Crippen molar-refractivity contribution >= 4 is 33.4 Å². The molecule has 0 aliphatic carbocycles. The average molecular weight is 335 g/mol. The maximum atomic E-state index is 12.0. The zero-order valence-electron chi connectivity index (χ0n) is 10.5. The Labute approximate surface area is 121 Å². The molecule has 1 N–H and O–H groups in total. The van der Waals surface area contributed by atoms with Crippen LogP contribution in [0.2, 0.25) is 0 Å². The van der Waals surface area contributed by atoms with Crippen LogP contribution in [0.3, 0.4) is 0 Å². The van der Waals surface area contributed by atoms with Gasteiger partial charge in [0.05, 0.1) is 12.7 Å². The molecule has 0 aromatic heterocycles. The molecule has 1 rings (SSSR count). The summed E-state index contributed by atoms with van der Waals surface area (Å²) in [7, 11) is 1.55. The Bertz CT molecular complexity index is 412. The zero-order valence-corrected chi connectivity index (χ0v) is 12.8. The van der Waals surface area contributed by atoms with E-state index in [1.807, 2.05) is 6.07 Å². The molecular formula is C13H17BrClNO2. The third-order valence-electron chi connectivity index (χ3n) is 2.62. The minimum Gasteiger partial charge on any atom is -0.496 e. The van der Waals surface area contributed by atoms with Crippen molar-refractivity contribution in [1.82, 2.24) is 5.32 Å². The van der Waals surface area contributed by atoms with Crippen molar-refractivity contribution in [3.63, 3.8) is 0 Å². The van der Waals surface area contributed by atoms with Gasteiger partial charge in [-0.25, -0.2) is 0 Å². The van der Waals surface area contributed by atoms with E-state index in [2.05, 4.69) is 28.2 Å². The summed E-state index contributed by atoms with van der Waals surface area (Å²) in [5.74, 6) is 1.42. The van der Waals surface area contributed by atoms with Gasteiger partial charge in [-0.15, -0.1) is 11.6 Å².